The van der Waals surface area contributed by atoms with Crippen LogP contribution < -0.4 is 58.2 Å². The Kier molecular flexibility index (Phi) is 8.93. The zero-order chi connectivity index (χ0) is 8.27. The second-order valence-corrected chi connectivity index (χ2v) is 4.68. The van der Waals surface area contributed by atoms with Gasteiger partial charge in [0.15, 0.2) is 12.2 Å². The maximum absolute atomic E-state index is 4.27. The minimum atomic E-state index is 0. The second-order valence-electron chi connectivity index (χ2n) is 3.36. The van der Waals surface area contributed by atoms with Gasteiger partial charge >= 0.3 is 58.2 Å². The van der Waals surface area contributed by atoms with Crippen molar-refractivity contribution in [2.45, 2.75) is 32.1 Å². The molecule has 1 aliphatic carbocycles. The molecule has 0 saturated heterocycles. The van der Waals surface area contributed by atoms with Crippen molar-refractivity contribution < 1.29 is 58.2 Å². The first-order chi connectivity index (χ1) is 5.24. The van der Waals surface area contributed by atoms with Gasteiger partial charge in [0.2, 0.25) is 4.20 Å². The molecule has 0 unspecified atom stereocenters. The number of hydrogen-bond donors (Lipinski definition) is 1. The molecule has 0 radical (unpaired) electrons. The molecule has 0 bridgehead atoms. The van der Waals surface area contributed by atoms with Crippen molar-refractivity contribution in [3.63, 3.8) is 0 Å². The molecular weight excluding hydrogens is 258 g/mol. The van der Waals surface area contributed by atoms with Crippen LogP contribution in [0, 0.1) is 18.8 Å². The summed E-state index contributed by atoms with van der Waals surface area (Å²) in [6.45, 7) is 3.93. The molecule has 0 aromatic heterocycles. The van der Waals surface area contributed by atoms with Gasteiger partial charge in [0, 0.05) is 5.92 Å². The molecule has 0 aliphatic heterocycles. The summed E-state index contributed by atoms with van der Waals surface area (Å²) in [5, 5.41) is 0. The Bertz CT molecular complexity index is 139. The maximum Gasteiger partial charge on any atom is 1.00 e. The molecule has 0 aromatic carbocycles. The predicted molar refractivity (Wildman–Crippen MR) is 58.2 cm³/mol. The van der Waals surface area contributed by atoms with Crippen LogP contribution in [0.5, 0.6) is 0 Å². The summed E-state index contributed by atoms with van der Waals surface area (Å²) in [6, 6.07) is 0. The van der Waals surface area contributed by atoms with Crippen molar-refractivity contribution in [2.75, 3.05) is 0 Å². The Morgan fingerprint density at radius 2 is 1.83 bits per heavy atom. The summed E-state index contributed by atoms with van der Waals surface area (Å²) < 4.78 is 1.02. The number of hydrogen-bond acceptors (Lipinski definition) is 0. The standard InChI is InChI=1S/C9H15S2.Rb/c1-2-7-3-5-8(6-4-7)9(10)11;/h7-8H,1-6H2,(H,10,11);/q-1;+1/p+1. The third kappa shape index (κ3) is 4.65. The van der Waals surface area contributed by atoms with Crippen LogP contribution in [-0.4, -0.2) is 4.20 Å². The van der Waals surface area contributed by atoms with Gasteiger partial charge in [-0.25, -0.2) is 0 Å². The first kappa shape index (κ1) is 14.2. The Balaban J connectivity index is 0.00000121. The summed E-state index contributed by atoms with van der Waals surface area (Å²) in [7, 11) is 0. The van der Waals surface area contributed by atoms with Gasteiger partial charge in [-0.15, -0.1) is 0 Å². The van der Waals surface area contributed by atoms with Crippen LogP contribution in [0.25, 0.3) is 0 Å². The van der Waals surface area contributed by atoms with Gasteiger partial charge in [-0.2, -0.15) is 6.42 Å². The molecule has 64 valence electrons. The largest absolute Gasteiger partial charge is 1.00 e. The van der Waals surface area contributed by atoms with E-state index < -0.39 is 0 Å². The number of thiol groups is 2. The van der Waals surface area contributed by atoms with Crippen LogP contribution in [0.4, 0.5) is 0 Å². The van der Waals surface area contributed by atoms with Gasteiger partial charge in [-0.05, 0) is 12.8 Å². The van der Waals surface area contributed by atoms with Crippen molar-refractivity contribution in [3.05, 3.63) is 6.92 Å². The zero-order valence-corrected chi connectivity index (χ0v) is 14.5. The predicted octanol–water partition coefficient (Wildman–Crippen LogP) is -0.640. The molecule has 12 heavy (non-hydrogen) atoms. The summed E-state index contributed by atoms with van der Waals surface area (Å²) in [6.07, 6.45) is 6.27. The van der Waals surface area contributed by atoms with E-state index in [9.17, 15) is 0 Å². The molecule has 3 heteroatoms. The van der Waals surface area contributed by atoms with Crippen LogP contribution in [-0.2, 0) is 12.2 Å². The Morgan fingerprint density at radius 1 is 1.33 bits per heavy atom. The van der Waals surface area contributed by atoms with Crippen molar-refractivity contribution in [1.82, 2.24) is 0 Å². The van der Waals surface area contributed by atoms with Crippen LogP contribution >= 0.6 is 12.6 Å². The molecule has 0 nitrogen and oxygen atoms in total. The van der Waals surface area contributed by atoms with E-state index >= 15 is 0 Å². The molecule has 0 aromatic rings. The van der Waals surface area contributed by atoms with E-state index in [0.29, 0.717) is 5.92 Å². The fourth-order valence-electron chi connectivity index (χ4n) is 1.71. The molecule has 0 spiro atoms. The topological polar surface area (TPSA) is 0 Å². The maximum atomic E-state index is 4.27. The van der Waals surface area contributed by atoms with Crippen molar-refractivity contribution >= 4 is 29.0 Å². The molecule has 1 rings (SSSR count). The summed E-state index contributed by atoms with van der Waals surface area (Å²) in [4.78, 5) is 0. The SMILES string of the molecule is [CH2-]CC1CCC(C(S)=[SH+])CC1.[Rb+]. The van der Waals surface area contributed by atoms with E-state index in [2.05, 4.69) is 31.8 Å². The molecule has 0 N–H and O–H groups in total. The average Bonchev–Trinajstić information content (AvgIpc) is 2.05. The first-order valence-corrected chi connectivity index (χ1v) is 5.17. The van der Waals surface area contributed by atoms with Gasteiger partial charge < -0.3 is 6.92 Å². The van der Waals surface area contributed by atoms with Gasteiger partial charge in [-0.1, -0.05) is 31.4 Å². The minimum Gasteiger partial charge on any atom is -0.343 e. The van der Waals surface area contributed by atoms with E-state index in [1.54, 1.807) is 0 Å². The van der Waals surface area contributed by atoms with Gasteiger partial charge in [-0.3, -0.25) is 0 Å². The van der Waals surface area contributed by atoms with E-state index in [1.165, 1.54) is 25.7 Å². The smallest absolute Gasteiger partial charge is 0.343 e. The molecule has 0 atom stereocenters. The van der Waals surface area contributed by atoms with Crippen LogP contribution in [0.3, 0.4) is 0 Å². The molecular formula is C9H16RbS2+. The van der Waals surface area contributed by atoms with Crippen molar-refractivity contribution in [2.24, 2.45) is 11.8 Å². The zero-order valence-electron chi connectivity index (χ0n) is 7.79. The summed E-state index contributed by atoms with van der Waals surface area (Å²) in [5.41, 5.74) is 0. The van der Waals surface area contributed by atoms with Gasteiger partial charge in [0.05, 0.1) is 0 Å². The average molecular weight is 274 g/mol. The van der Waals surface area contributed by atoms with E-state index in [4.69, 9.17) is 0 Å². The molecule has 1 aliphatic rings. The normalized spacial score (nSPS) is 29.2. The summed E-state index contributed by atoms with van der Waals surface area (Å²) in [5.74, 6) is 1.52. The van der Waals surface area contributed by atoms with E-state index in [1.807, 2.05) is 0 Å². The molecule has 1 saturated carbocycles. The monoisotopic (exact) mass is 273 g/mol. The van der Waals surface area contributed by atoms with E-state index in [-0.39, 0.29) is 58.2 Å². The molecule has 0 amide bonds. The van der Waals surface area contributed by atoms with Gasteiger partial charge in [0.1, 0.15) is 0 Å². The van der Waals surface area contributed by atoms with Crippen molar-refractivity contribution in [3.8, 4) is 0 Å². The van der Waals surface area contributed by atoms with Crippen LogP contribution in [0.2, 0.25) is 0 Å². The Morgan fingerprint density at radius 3 is 2.17 bits per heavy atom. The molecule has 1 fully saturated rings. The van der Waals surface area contributed by atoms with Crippen LogP contribution in [0.1, 0.15) is 32.1 Å². The third-order valence-corrected chi connectivity index (χ3v) is 3.35. The molecule has 0 heterocycles. The fraction of sp³-hybridized carbons (Fsp3) is 0.778. The first-order valence-electron chi connectivity index (χ1n) is 4.28. The minimum absolute atomic E-state index is 0. The number of rotatable bonds is 2. The van der Waals surface area contributed by atoms with Crippen molar-refractivity contribution in [1.29, 1.82) is 0 Å². The third-order valence-electron chi connectivity index (χ3n) is 2.62. The second kappa shape index (κ2) is 7.53. The van der Waals surface area contributed by atoms with Crippen LogP contribution in [0.15, 0.2) is 0 Å². The quantitative estimate of drug-likeness (QED) is 0.294. The summed E-state index contributed by atoms with van der Waals surface area (Å²) >= 11 is 8.53. The van der Waals surface area contributed by atoms with Gasteiger partial charge in [0.25, 0.3) is 0 Å². The Labute approximate surface area is 135 Å². The van der Waals surface area contributed by atoms with E-state index in [0.717, 1.165) is 16.5 Å². The fourth-order valence-corrected chi connectivity index (χ4v) is 2.23. The Hall–Kier alpha value is 2.25.